The molecule has 0 saturated carbocycles. The van der Waals surface area contributed by atoms with Crippen LogP contribution in [0, 0.1) is 0 Å². The Morgan fingerprint density at radius 2 is 2.19 bits per heavy atom. The molecule has 0 amide bonds. The number of nitrogens with zero attached hydrogens (tertiary/aromatic N) is 1. The molecule has 0 bridgehead atoms. The highest BCUT2D eigenvalue weighted by molar-refractivity contribution is 8.00. The molecule has 0 spiro atoms. The molecule has 0 aromatic carbocycles. The first-order valence-electron chi connectivity index (χ1n) is 4.05. The van der Waals surface area contributed by atoms with Crippen molar-refractivity contribution in [3.05, 3.63) is 10.6 Å². The molecule has 1 heterocycles. The minimum Gasteiger partial charge on any atom is -0.477 e. The van der Waals surface area contributed by atoms with Gasteiger partial charge in [-0.2, -0.15) is 0 Å². The summed E-state index contributed by atoms with van der Waals surface area (Å²) in [6.07, 6.45) is 1.76. The highest BCUT2D eigenvalue weighted by atomic mass is 35.5. The number of thioether (sulfide) groups is 1. The third-order valence-electron chi connectivity index (χ3n) is 1.45. The zero-order chi connectivity index (χ0) is 11.4. The molecule has 1 rings (SSSR count). The fourth-order valence-electron chi connectivity index (χ4n) is 0.871. The molecular weight excluding hydrogens is 274 g/mol. The summed E-state index contributed by atoms with van der Waals surface area (Å²) in [6.45, 7) is 1.85. The Bertz CT molecular complexity index is 393. The first-order valence-corrected chi connectivity index (χ1v) is 6.09. The number of carboxylic acids is 1. The summed E-state index contributed by atoms with van der Waals surface area (Å²) in [7, 11) is 0. The van der Waals surface area contributed by atoms with Crippen LogP contribution in [0.1, 0.15) is 27.1 Å². The van der Waals surface area contributed by atoms with Gasteiger partial charge in [0.15, 0.2) is 10.0 Å². The molecule has 1 aromatic rings. The van der Waals surface area contributed by atoms with E-state index in [-0.39, 0.29) is 29.6 Å². The number of rotatable bonds is 4. The Balaban J connectivity index is 0.00000225. The Morgan fingerprint density at radius 3 is 2.62 bits per heavy atom. The van der Waals surface area contributed by atoms with Gasteiger partial charge in [0, 0.05) is 0 Å². The summed E-state index contributed by atoms with van der Waals surface area (Å²) in [6, 6.07) is 0. The van der Waals surface area contributed by atoms with Crippen molar-refractivity contribution in [2.75, 3.05) is 12.9 Å². The zero-order valence-electron chi connectivity index (χ0n) is 8.55. The quantitative estimate of drug-likeness (QED) is 0.674. The third kappa shape index (κ3) is 3.36. The number of halogens is 1. The fourth-order valence-corrected chi connectivity index (χ4v) is 2.26. The Kier molecular flexibility index (Phi) is 6.39. The number of carbonyl (C=O) groups excluding carboxylic acids is 1. The average molecular weight is 284 g/mol. The van der Waals surface area contributed by atoms with Crippen LogP contribution >= 0.6 is 35.5 Å². The standard InChI is InChI=1S/C8H9NO4S2.ClH/c1-3-13-7(12)4-5(6(10)11)15-8(9-4)14-2;/h3H2,1-2H3,(H,10,11);1H. The van der Waals surface area contributed by atoms with Crippen molar-refractivity contribution >= 4 is 47.4 Å². The fraction of sp³-hybridized carbons (Fsp3) is 0.375. The van der Waals surface area contributed by atoms with E-state index in [0.29, 0.717) is 4.34 Å². The van der Waals surface area contributed by atoms with Gasteiger partial charge in [-0.05, 0) is 13.2 Å². The molecule has 0 aliphatic rings. The van der Waals surface area contributed by atoms with Crippen LogP contribution in [0.25, 0.3) is 0 Å². The number of carboxylic acid groups (broad SMARTS) is 1. The molecule has 16 heavy (non-hydrogen) atoms. The molecule has 5 nitrogen and oxygen atoms in total. The number of aromatic nitrogens is 1. The number of esters is 1. The molecule has 0 fully saturated rings. The second-order valence-electron chi connectivity index (χ2n) is 2.39. The smallest absolute Gasteiger partial charge is 0.358 e. The SMILES string of the molecule is CCOC(=O)c1nc(SC)sc1C(=O)O.Cl. The summed E-state index contributed by atoms with van der Waals surface area (Å²) in [4.78, 5) is 26.0. The maximum Gasteiger partial charge on any atom is 0.358 e. The van der Waals surface area contributed by atoms with E-state index in [1.54, 1.807) is 13.2 Å². The van der Waals surface area contributed by atoms with Gasteiger partial charge in [-0.3, -0.25) is 0 Å². The van der Waals surface area contributed by atoms with Gasteiger partial charge in [-0.1, -0.05) is 23.1 Å². The molecule has 0 atom stereocenters. The second kappa shape index (κ2) is 6.72. The van der Waals surface area contributed by atoms with Crippen LogP contribution in [0.2, 0.25) is 0 Å². The Morgan fingerprint density at radius 1 is 1.56 bits per heavy atom. The highest BCUT2D eigenvalue weighted by Gasteiger charge is 2.23. The van der Waals surface area contributed by atoms with E-state index in [1.165, 1.54) is 11.8 Å². The minimum absolute atomic E-state index is 0. The van der Waals surface area contributed by atoms with Crippen LogP contribution in [0.15, 0.2) is 4.34 Å². The third-order valence-corrected chi connectivity index (χ3v) is 3.47. The van der Waals surface area contributed by atoms with E-state index in [9.17, 15) is 9.59 Å². The summed E-state index contributed by atoms with van der Waals surface area (Å²) >= 11 is 2.27. The zero-order valence-corrected chi connectivity index (χ0v) is 11.0. The molecular formula is C8H10ClNO4S2. The van der Waals surface area contributed by atoms with Gasteiger partial charge in [0.2, 0.25) is 0 Å². The largest absolute Gasteiger partial charge is 0.477 e. The summed E-state index contributed by atoms with van der Waals surface area (Å²) in [5, 5.41) is 8.84. The van der Waals surface area contributed by atoms with Crippen molar-refractivity contribution in [3.63, 3.8) is 0 Å². The summed E-state index contributed by atoms with van der Waals surface area (Å²) in [5.41, 5.74) is -0.112. The van der Waals surface area contributed by atoms with Crippen LogP contribution in [-0.4, -0.2) is 34.9 Å². The molecule has 1 N–H and O–H groups in total. The van der Waals surface area contributed by atoms with Crippen molar-refractivity contribution in [1.82, 2.24) is 4.98 Å². The molecule has 0 unspecified atom stereocenters. The number of hydrogen-bond acceptors (Lipinski definition) is 6. The molecule has 0 aliphatic heterocycles. The number of aromatic carboxylic acids is 1. The van der Waals surface area contributed by atoms with Crippen molar-refractivity contribution in [3.8, 4) is 0 Å². The van der Waals surface area contributed by atoms with Crippen LogP contribution in [0.4, 0.5) is 0 Å². The van der Waals surface area contributed by atoms with Crippen molar-refractivity contribution in [1.29, 1.82) is 0 Å². The summed E-state index contributed by atoms with van der Waals surface area (Å²) < 4.78 is 5.25. The van der Waals surface area contributed by atoms with Gasteiger partial charge in [0.05, 0.1) is 6.61 Å². The maximum absolute atomic E-state index is 11.3. The summed E-state index contributed by atoms with van der Waals surface area (Å²) in [5.74, 6) is -1.85. The number of thiazole rings is 1. The van der Waals surface area contributed by atoms with Crippen molar-refractivity contribution < 1.29 is 19.4 Å². The first-order chi connectivity index (χ1) is 7.10. The first kappa shape index (κ1) is 15.2. The van der Waals surface area contributed by atoms with Crippen molar-refractivity contribution in [2.45, 2.75) is 11.3 Å². The van der Waals surface area contributed by atoms with Gasteiger partial charge >= 0.3 is 11.9 Å². The van der Waals surface area contributed by atoms with Gasteiger partial charge in [0.25, 0.3) is 0 Å². The van der Waals surface area contributed by atoms with Crippen molar-refractivity contribution in [2.24, 2.45) is 0 Å². The van der Waals surface area contributed by atoms with E-state index >= 15 is 0 Å². The lowest BCUT2D eigenvalue weighted by Gasteiger charge is -1.98. The Hall–Kier alpha value is -0.790. The van der Waals surface area contributed by atoms with Crippen LogP contribution in [0.3, 0.4) is 0 Å². The molecule has 90 valence electrons. The topological polar surface area (TPSA) is 76.5 Å². The lowest BCUT2D eigenvalue weighted by atomic mass is 10.3. The molecule has 0 saturated heterocycles. The van der Waals surface area contributed by atoms with Gasteiger partial charge in [0.1, 0.15) is 4.88 Å². The van der Waals surface area contributed by atoms with E-state index in [2.05, 4.69) is 4.98 Å². The van der Waals surface area contributed by atoms with Gasteiger partial charge < -0.3 is 9.84 Å². The molecule has 0 radical (unpaired) electrons. The van der Waals surface area contributed by atoms with Gasteiger partial charge in [-0.15, -0.1) is 12.4 Å². The predicted molar refractivity (Wildman–Crippen MR) is 64.1 cm³/mol. The van der Waals surface area contributed by atoms with Crippen LogP contribution < -0.4 is 0 Å². The lowest BCUT2D eigenvalue weighted by Crippen LogP contribution is -2.10. The van der Waals surface area contributed by atoms with E-state index in [4.69, 9.17) is 9.84 Å². The highest BCUT2D eigenvalue weighted by Crippen LogP contribution is 2.26. The van der Waals surface area contributed by atoms with Crippen LogP contribution in [0.5, 0.6) is 0 Å². The van der Waals surface area contributed by atoms with E-state index < -0.39 is 11.9 Å². The van der Waals surface area contributed by atoms with E-state index in [1.807, 2.05) is 0 Å². The minimum atomic E-state index is -1.16. The Labute approximate surface area is 107 Å². The monoisotopic (exact) mass is 283 g/mol. The second-order valence-corrected chi connectivity index (χ2v) is 4.44. The predicted octanol–water partition coefficient (Wildman–Crippen LogP) is 2.16. The van der Waals surface area contributed by atoms with Crippen LogP contribution in [-0.2, 0) is 4.74 Å². The molecule has 8 heteroatoms. The lowest BCUT2D eigenvalue weighted by molar-refractivity contribution is 0.0509. The average Bonchev–Trinajstić information content (AvgIpc) is 2.61. The normalized spacial score (nSPS) is 9.38. The molecule has 1 aromatic heterocycles. The number of ether oxygens (including phenoxy) is 1. The number of hydrogen-bond donors (Lipinski definition) is 1. The van der Waals surface area contributed by atoms with E-state index in [0.717, 1.165) is 11.3 Å². The number of carbonyl (C=O) groups is 2. The molecule has 0 aliphatic carbocycles. The van der Waals surface area contributed by atoms with Gasteiger partial charge in [-0.25, -0.2) is 14.6 Å². The maximum atomic E-state index is 11.3.